The van der Waals surface area contributed by atoms with Crippen molar-refractivity contribution in [3.8, 4) is 5.75 Å². The van der Waals surface area contributed by atoms with Crippen LogP contribution in [0.3, 0.4) is 0 Å². The zero-order chi connectivity index (χ0) is 14.3. The maximum atomic E-state index is 5.41. The number of ether oxygens (including phenoxy) is 2. The third-order valence-corrected chi connectivity index (χ3v) is 3.23. The summed E-state index contributed by atoms with van der Waals surface area (Å²) in [7, 11) is 5.39. The second kappa shape index (κ2) is 8.17. The summed E-state index contributed by atoms with van der Waals surface area (Å²) in [6, 6.07) is 0.243. The van der Waals surface area contributed by atoms with Crippen molar-refractivity contribution < 1.29 is 9.47 Å². The average Bonchev–Trinajstić information content (AvgIpc) is 2.76. The highest BCUT2D eigenvalue weighted by Gasteiger charge is 2.22. The van der Waals surface area contributed by atoms with Crippen molar-refractivity contribution in [1.29, 1.82) is 0 Å². The summed E-state index contributed by atoms with van der Waals surface area (Å²) in [4.78, 5) is 0. The molecule has 5 nitrogen and oxygen atoms in total. The van der Waals surface area contributed by atoms with Gasteiger partial charge in [0.1, 0.15) is 0 Å². The van der Waals surface area contributed by atoms with Crippen molar-refractivity contribution in [2.75, 3.05) is 27.4 Å². The second-order valence-corrected chi connectivity index (χ2v) is 5.02. The molecule has 0 fully saturated rings. The lowest BCUT2D eigenvalue weighted by atomic mass is 9.99. The van der Waals surface area contributed by atoms with Gasteiger partial charge in [0.05, 0.1) is 25.0 Å². The molecule has 1 rings (SSSR count). The monoisotopic (exact) mass is 269 g/mol. The Hall–Kier alpha value is -1.07. The minimum atomic E-state index is 0.243. The van der Waals surface area contributed by atoms with E-state index in [0.717, 1.165) is 37.4 Å². The van der Waals surface area contributed by atoms with Gasteiger partial charge < -0.3 is 14.8 Å². The number of rotatable bonds is 9. The maximum Gasteiger partial charge on any atom is 0.161 e. The van der Waals surface area contributed by atoms with Crippen LogP contribution in [0.5, 0.6) is 5.75 Å². The lowest BCUT2D eigenvalue weighted by Gasteiger charge is -2.23. The van der Waals surface area contributed by atoms with Crippen molar-refractivity contribution in [2.24, 2.45) is 13.0 Å². The quantitative estimate of drug-likeness (QED) is 0.746. The van der Waals surface area contributed by atoms with Crippen LogP contribution in [0.2, 0.25) is 0 Å². The molecule has 0 saturated heterocycles. The van der Waals surface area contributed by atoms with E-state index >= 15 is 0 Å². The van der Waals surface area contributed by atoms with E-state index in [1.165, 1.54) is 0 Å². The Morgan fingerprint density at radius 3 is 2.74 bits per heavy atom. The fraction of sp³-hybridized carbons (Fsp3) is 0.786. The molecule has 0 aromatic carbocycles. The molecule has 1 N–H and O–H groups in total. The molecule has 110 valence electrons. The van der Waals surface area contributed by atoms with Crippen LogP contribution in [-0.2, 0) is 11.8 Å². The van der Waals surface area contributed by atoms with Gasteiger partial charge in [-0.25, -0.2) is 0 Å². The van der Waals surface area contributed by atoms with Gasteiger partial charge in [0.15, 0.2) is 5.75 Å². The molecule has 0 aliphatic carbocycles. The molecule has 5 heteroatoms. The lowest BCUT2D eigenvalue weighted by Crippen LogP contribution is -2.27. The Kier molecular flexibility index (Phi) is 6.87. The Bertz CT molecular complexity index is 366. The molecular formula is C14H27N3O2. The van der Waals surface area contributed by atoms with Crippen molar-refractivity contribution in [3.63, 3.8) is 0 Å². The minimum absolute atomic E-state index is 0.243. The van der Waals surface area contributed by atoms with Gasteiger partial charge in [0.2, 0.25) is 0 Å². The summed E-state index contributed by atoms with van der Waals surface area (Å²) in [6.45, 7) is 6.12. The number of methoxy groups -OCH3 is 2. The van der Waals surface area contributed by atoms with Gasteiger partial charge in [-0.15, -0.1) is 0 Å². The third kappa shape index (κ3) is 4.51. The molecule has 0 radical (unpaired) electrons. The Morgan fingerprint density at radius 1 is 1.42 bits per heavy atom. The summed E-state index contributed by atoms with van der Waals surface area (Å²) in [5.74, 6) is 1.33. The van der Waals surface area contributed by atoms with Crippen LogP contribution in [0.4, 0.5) is 0 Å². The molecule has 19 heavy (non-hydrogen) atoms. The molecule has 0 aliphatic rings. The van der Waals surface area contributed by atoms with Gasteiger partial charge >= 0.3 is 0 Å². The molecule has 0 amide bonds. The standard InChI is InChI=1S/C14H27N3O2/c1-6-7-15-12(8-11(2)10-18-4)14-13(19-5)9-16-17(14)3/h9,11-12,15H,6-8,10H2,1-5H3. The summed E-state index contributed by atoms with van der Waals surface area (Å²) < 4.78 is 12.5. The molecule has 0 bridgehead atoms. The fourth-order valence-electron chi connectivity index (χ4n) is 2.35. The van der Waals surface area contributed by atoms with E-state index in [9.17, 15) is 0 Å². The Balaban J connectivity index is 2.85. The summed E-state index contributed by atoms with van der Waals surface area (Å²) in [6.07, 6.45) is 3.88. The highest BCUT2D eigenvalue weighted by atomic mass is 16.5. The molecular weight excluding hydrogens is 242 g/mol. The lowest BCUT2D eigenvalue weighted by molar-refractivity contribution is 0.148. The smallest absolute Gasteiger partial charge is 0.161 e. The van der Waals surface area contributed by atoms with Crippen molar-refractivity contribution in [2.45, 2.75) is 32.7 Å². The minimum Gasteiger partial charge on any atom is -0.493 e. The van der Waals surface area contributed by atoms with Gasteiger partial charge in [0.25, 0.3) is 0 Å². The van der Waals surface area contributed by atoms with Crippen LogP contribution >= 0.6 is 0 Å². The second-order valence-electron chi connectivity index (χ2n) is 5.02. The van der Waals surface area contributed by atoms with Gasteiger partial charge in [0, 0.05) is 20.8 Å². The van der Waals surface area contributed by atoms with Crippen molar-refractivity contribution in [3.05, 3.63) is 11.9 Å². The number of nitrogens with zero attached hydrogens (tertiary/aromatic N) is 2. The van der Waals surface area contributed by atoms with E-state index in [4.69, 9.17) is 9.47 Å². The van der Waals surface area contributed by atoms with Crippen molar-refractivity contribution in [1.82, 2.24) is 15.1 Å². The van der Waals surface area contributed by atoms with E-state index < -0.39 is 0 Å². The van der Waals surface area contributed by atoms with E-state index in [-0.39, 0.29) is 6.04 Å². The van der Waals surface area contributed by atoms with Gasteiger partial charge in [-0.05, 0) is 25.3 Å². The highest BCUT2D eigenvalue weighted by Crippen LogP contribution is 2.29. The Labute approximate surface area is 116 Å². The van der Waals surface area contributed by atoms with Crippen LogP contribution in [0.15, 0.2) is 6.20 Å². The molecule has 0 spiro atoms. The molecule has 1 heterocycles. The van der Waals surface area contributed by atoms with E-state index in [2.05, 4.69) is 24.3 Å². The zero-order valence-electron chi connectivity index (χ0n) is 12.8. The molecule has 1 aromatic heterocycles. The summed E-state index contributed by atoms with van der Waals surface area (Å²) in [5, 5.41) is 7.87. The van der Waals surface area contributed by atoms with Gasteiger partial charge in [-0.1, -0.05) is 13.8 Å². The first-order chi connectivity index (χ1) is 9.13. The average molecular weight is 269 g/mol. The van der Waals surface area contributed by atoms with E-state index in [0.29, 0.717) is 5.92 Å². The van der Waals surface area contributed by atoms with E-state index in [1.807, 2.05) is 11.7 Å². The van der Waals surface area contributed by atoms with Crippen LogP contribution in [0.1, 0.15) is 38.4 Å². The maximum absolute atomic E-state index is 5.41. The van der Waals surface area contributed by atoms with Crippen LogP contribution < -0.4 is 10.1 Å². The van der Waals surface area contributed by atoms with Gasteiger partial charge in [-0.2, -0.15) is 5.10 Å². The van der Waals surface area contributed by atoms with Crippen LogP contribution in [-0.4, -0.2) is 37.2 Å². The van der Waals surface area contributed by atoms with Crippen LogP contribution in [0, 0.1) is 5.92 Å². The van der Waals surface area contributed by atoms with Crippen LogP contribution in [0.25, 0.3) is 0 Å². The first-order valence-corrected chi connectivity index (χ1v) is 6.92. The first-order valence-electron chi connectivity index (χ1n) is 6.92. The predicted molar refractivity (Wildman–Crippen MR) is 76.5 cm³/mol. The molecule has 2 atom stereocenters. The normalized spacial score (nSPS) is 14.4. The SMILES string of the molecule is CCCNC(CC(C)COC)c1c(OC)cnn1C. The molecule has 0 saturated carbocycles. The fourth-order valence-corrected chi connectivity index (χ4v) is 2.35. The first kappa shape index (κ1) is 16.0. The summed E-state index contributed by atoms with van der Waals surface area (Å²) in [5.41, 5.74) is 1.11. The number of hydrogen-bond acceptors (Lipinski definition) is 4. The number of hydrogen-bond donors (Lipinski definition) is 1. The largest absolute Gasteiger partial charge is 0.493 e. The number of aryl methyl sites for hydroxylation is 1. The van der Waals surface area contributed by atoms with Crippen molar-refractivity contribution >= 4 is 0 Å². The zero-order valence-corrected chi connectivity index (χ0v) is 12.8. The molecule has 2 unspecified atom stereocenters. The van der Waals surface area contributed by atoms with E-state index in [1.54, 1.807) is 20.4 Å². The third-order valence-electron chi connectivity index (χ3n) is 3.23. The van der Waals surface area contributed by atoms with Gasteiger partial charge in [-0.3, -0.25) is 4.68 Å². The highest BCUT2D eigenvalue weighted by molar-refractivity contribution is 5.28. The number of nitrogens with one attached hydrogen (secondary N) is 1. The predicted octanol–water partition coefficient (Wildman–Crippen LogP) is 2.14. The Morgan fingerprint density at radius 2 is 2.16 bits per heavy atom. The topological polar surface area (TPSA) is 48.3 Å². The molecule has 0 aliphatic heterocycles. The summed E-state index contributed by atoms with van der Waals surface area (Å²) >= 11 is 0. The molecule has 1 aromatic rings. The number of aromatic nitrogens is 2.